The summed E-state index contributed by atoms with van der Waals surface area (Å²) >= 11 is 0.992. The zero-order chi connectivity index (χ0) is 17.1. The Bertz CT molecular complexity index is 504. The maximum atomic E-state index is 11.0. The van der Waals surface area contributed by atoms with Gasteiger partial charge in [0.2, 0.25) is 0 Å². The number of benzene rings is 1. The molecule has 0 radical (unpaired) electrons. The molecule has 0 spiro atoms. The van der Waals surface area contributed by atoms with Crippen molar-refractivity contribution in [3.05, 3.63) is 28.8 Å². The van der Waals surface area contributed by atoms with E-state index in [-0.39, 0.29) is 10.8 Å². The number of carbonyl (C=O) groups excluding carboxylic acids is 1. The average molecular weight is 326 g/mol. The second-order valence-electron chi connectivity index (χ2n) is 7.42. The summed E-state index contributed by atoms with van der Waals surface area (Å²) in [5.41, 5.74) is 2.36. The van der Waals surface area contributed by atoms with Crippen molar-refractivity contribution in [2.45, 2.75) is 58.1 Å². The number of phenols is 1. The number of hydrogen-bond acceptors (Lipinski definition) is 5. The van der Waals surface area contributed by atoms with Crippen molar-refractivity contribution in [2.24, 2.45) is 0 Å². The molecule has 1 aromatic carbocycles. The summed E-state index contributed by atoms with van der Waals surface area (Å²) in [7, 11) is 0. The lowest BCUT2D eigenvalue weighted by Gasteiger charge is -2.28. The Morgan fingerprint density at radius 1 is 1.09 bits per heavy atom. The van der Waals surface area contributed by atoms with E-state index in [4.69, 9.17) is 9.29 Å². The summed E-state index contributed by atoms with van der Waals surface area (Å²) in [5.74, 6) is 0.148. The third-order valence-corrected chi connectivity index (χ3v) is 4.05. The van der Waals surface area contributed by atoms with Crippen molar-refractivity contribution in [3.63, 3.8) is 0 Å². The van der Waals surface area contributed by atoms with Gasteiger partial charge in [-0.2, -0.15) is 0 Å². The molecule has 1 aromatic rings. The number of aliphatic hydroxyl groups excluding tert-OH is 1. The van der Waals surface area contributed by atoms with Gasteiger partial charge < -0.3 is 14.4 Å². The SMILES string of the molecule is CC(C)(C)c1cc(CSOC(=O)CO)cc(C(C)(C)C)c1O. The average Bonchev–Trinajstić information content (AvgIpc) is 2.37. The minimum atomic E-state index is -0.657. The molecule has 124 valence electrons. The van der Waals surface area contributed by atoms with Gasteiger partial charge in [0.05, 0.1) is 17.8 Å². The Kier molecular flexibility index (Phi) is 5.93. The van der Waals surface area contributed by atoms with Crippen LogP contribution in [0.4, 0.5) is 0 Å². The van der Waals surface area contributed by atoms with Gasteiger partial charge in [-0.05, 0) is 27.5 Å². The Morgan fingerprint density at radius 2 is 1.55 bits per heavy atom. The maximum Gasteiger partial charge on any atom is 0.343 e. The topological polar surface area (TPSA) is 66.8 Å². The lowest BCUT2D eigenvalue weighted by Crippen LogP contribution is -2.17. The molecule has 4 nitrogen and oxygen atoms in total. The van der Waals surface area contributed by atoms with Crippen LogP contribution in [0.15, 0.2) is 12.1 Å². The highest BCUT2D eigenvalue weighted by atomic mass is 32.2. The largest absolute Gasteiger partial charge is 0.507 e. The van der Waals surface area contributed by atoms with Crippen molar-refractivity contribution in [2.75, 3.05) is 6.61 Å². The third-order valence-electron chi connectivity index (χ3n) is 3.29. The lowest BCUT2D eigenvalue weighted by atomic mass is 9.78. The van der Waals surface area contributed by atoms with Crippen LogP contribution in [0.3, 0.4) is 0 Å². The molecular weight excluding hydrogens is 300 g/mol. The summed E-state index contributed by atoms with van der Waals surface area (Å²) in [6, 6.07) is 3.90. The molecule has 0 aliphatic rings. The van der Waals surface area contributed by atoms with Crippen molar-refractivity contribution in [1.82, 2.24) is 0 Å². The van der Waals surface area contributed by atoms with E-state index in [1.807, 2.05) is 12.1 Å². The molecule has 22 heavy (non-hydrogen) atoms. The van der Waals surface area contributed by atoms with Gasteiger partial charge in [0.25, 0.3) is 0 Å². The number of aliphatic hydroxyl groups is 1. The van der Waals surface area contributed by atoms with Crippen LogP contribution in [0.1, 0.15) is 58.2 Å². The molecule has 0 heterocycles. The lowest BCUT2D eigenvalue weighted by molar-refractivity contribution is -0.136. The number of carbonyl (C=O) groups is 1. The van der Waals surface area contributed by atoms with Gasteiger partial charge in [0.15, 0.2) is 0 Å². The molecule has 0 aliphatic heterocycles. The highest BCUT2D eigenvalue weighted by Gasteiger charge is 2.26. The van der Waals surface area contributed by atoms with Crippen LogP contribution in [-0.2, 0) is 25.6 Å². The van der Waals surface area contributed by atoms with Crippen LogP contribution in [-0.4, -0.2) is 22.8 Å². The summed E-state index contributed by atoms with van der Waals surface area (Å²) in [5, 5.41) is 19.3. The van der Waals surface area contributed by atoms with Crippen LogP contribution in [0.2, 0.25) is 0 Å². The predicted octanol–water partition coefficient (Wildman–Crippen LogP) is 3.67. The molecule has 0 saturated heterocycles. The number of rotatable bonds is 4. The molecule has 0 aromatic heterocycles. The predicted molar refractivity (Wildman–Crippen MR) is 90.0 cm³/mol. The second kappa shape index (κ2) is 6.92. The van der Waals surface area contributed by atoms with E-state index in [9.17, 15) is 9.90 Å². The van der Waals surface area contributed by atoms with E-state index < -0.39 is 12.6 Å². The molecule has 0 unspecified atom stereocenters. The van der Waals surface area contributed by atoms with Gasteiger partial charge in [0.1, 0.15) is 12.4 Å². The zero-order valence-corrected chi connectivity index (χ0v) is 15.0. The first-order valence-electron chi connectivity index (χ1n) is 7.27. The smallest absolute Gasteiger partial charge is 0.343 e. The molecule has 0 atom stereocenters. The normalized spacial score (nSPS) is 12.3. The first-order chi connectivity index (χ1) is 9.96. The summed E-state index contributed by atoms with van der Waals surface area (Å²) < 4.78 is 4.84. The van der Waals surface area contributed by atoms with Crippen LogP contribution in [0, 0.1) is 0 Å². The molecule has 0 amide bonds. The van der Waals surface area contributed by atoms with E-state index in [0.717, 1.165) is 28.7 Å². The maximum absolute atomic E-state index is 11.0. The Labute approximate surface area is 137 Å². The fraction of sp³-hybridized carbons (Fsp3) is 0.588. The van der Waals surface area contributed by atoms with Crippen molar-refractivity contribution < 1.29 is 19.2 Å². The molecule has 0 aliphatic carbocycles. The standard InChI is InChI=1S/C17H26O4S/c1-16(2,3)12-7-11(10-22-21-14(19)9-18)8-13(15(12)20)17(4,5)6/h7-8,18,20H,9-10H2,1-6H3. The second-order valence-corrected chi connectivity index (χ2v) is 8.11. The highest BCUT2D eigenvalue weighted by molar-refractivity contribution is 7.94. The van der Waals surface area contributed by atoms with Crippen LogP contribution < -0.4 is 0 Å². The van der Waals surface area contributed by atoms with Crippen LogP contribution in [0.25, 0.3) is 0 Å². The quantitative estimate of drug-likeness (QED) is 0.826. The molecule has 0 fully saturated rings. The fourth-order valence-corrected chi connectivity index (χ4v) is 2.66. The van der Waals surface area contributed by atoms with Gasteiger partial charge in [-0.25, -0.2) is 4.79 Å². The van der Waals surface area contributed by atoms with Crippen LogP contribution in [0.5, 0.6) is 5.75 Å². The molecule has 0 bridgehead atoms. The Balaban J connectivity index is 3.16. The monoisotopic (exact) mass is 326 g/mol. The number of hydrogen-bond donors (Lipinski definition) is 2. The highest BCUT2D eigenvalue weighted by Crippen LogP contribution is 2.40. The minimum Gasteiger partial charge on any atom is -0.507 e. The molecule has 5 heteroatoms. The van der Waals surface area contributed by atoms with E-state index >= 15 is 0 Å². The summed E-state index contributed by atoms with van der Waals surface area (Å²) in [6.07, 6.45) is 0. The number of phenolic OH excluding ortho intramolecular Hbond substituents is 1. The Hall–Kier alpha value is -1.20. The van der Waals surface area contributed by atoms with Gasteiger partial charge in [-0.3, -0.25) is 0 Å². The van der Waals surface area contributed by atoms with E-state index in [2.05, 4.69) is 41.5 Å². The van der Waals surface area contributed by atoms with Gasteiger partial charge in [0, 0.05) is 0 Å². The summed E-state index contributed by atoms with van der Waals surface area (Å²) in [6.45, 7) is 11.7. The van der Waals surface area contributed by atoms with Crippen molar-refractivity contribution in [1.29, 1.82) is 0 Å². The van der Waals surface area contributed by atoms with E-state index in [1.165, 1.54) is 0 Å². The summed E-state index contributed by atoms with van der Waals surface area (Å²) in [4.78, 5) is 11.0. The minimum absolute atomic E-state index is 0.188. The fourth-order valence-electron chi connectivity index (χ4n) is 2.11. The molecular formula is C17H26O4S. The van der Waals surface area contributed by atoms with E-state index in [0.29, 0.717) is 11.5 Å². The zero-order valence-electron chi connectivity index (χ0n) is 14.2. The molecule has 1 rings (SSSR count). The van der Waals surface area contributed by atoms with Gasteiger partial charge in [-0.1, -0.05) is 53.7 Å². The first kappa shape index (κ1) is 18.8. The van der Waals surface area contributed by atoms with Crippen LogP contribution >= 0.6 is 12.0 Å². The Morgan fingerprint density at radius 3 is 1.91 bits per heavy atom. The first-order valence-corrected chi connectivity index (χ1v) is 8.18. The third kappa shape index (κ3) is 4.92. The van der Waals surface area contributed by atoms with E-state index in [1.54, 1.807) is 0 Å². The van der Waals surface area contributed by atoms with Gasteiger partial charge in [-0.15, -0.1) is 0 Å². The number of aromatic hydroxyl groups is 1. The van der Waals surface area contributed by atoms with Crippen molar-refractivity contribution >= 4 is 18.0 Å². The van der Waals surface area contributed by atoms with Gasteiger partial charge >= 0.3 is 5.97 Å². The van der Waals surface area contributed by atoms with Crippen molar-refractivity contribution in [3.8, 4) is 5.75 Å². The molecule has 2 N–H and O–H groups in total. The molecule has 0 saturated carbocycles.